The molecule has 0 fully saturated rings. The second-order valence-corrected chi connectivity index (χ2v) is 9.01. The van der Waals surface area contributed by atoms with Crippen LogP contribution in [0.25, 0.3) is 10.9 Å². The molecule has 1 heterocycles. The molecule has 10 heteroatoms. The Morgan fingerprint density at radius 1 is 1.03 bits per heavy atom. The van der Waals surface area contributed by atoms with Gasteiger partial charge in [0.2, 0.25) is 5.88 Å². The molecule has 0 atom stereocenters. The van der Waals surface area contributed by atoms with Crippen LogP contribution in [-0.4, -0.2) is 24.0 Å². The summed E-state index contributed by atoms with van der Waals surface area (Å²) in [5, 5.41) is 19.0. The van der Waals surface area contributed by atoms with E-state index in [2.05, 4.69) is 15.0 Å². The van der Waals surface area contributed by atoms with Gasteiger partial charge in [-0.25, -0.2) is 8.42 Å². The maximum Gasteiger partial charge on any atom is 0.295 e. The second kappa shape index (κ2) is 8.45. The molecule has 0 radical (unpaired) electrons. The number of benzene rings is 3. The molecule has 0 aliphatic heterocycles. The number of halogens is 1. The zero-order chi connectivity index (χ0) is 22.9. The highest BCUT2D eigenvalue weighted by atomic mass is 35.5. The third-order valence-electron chi connectivity index (χ3n) is 4.78. The molecule has 8 nitrogen and oxygen atoms in total. The van der Waals surface area contributed by atoms with Gasteiger partial charge in [-0.3, -0.25) is 9.52 Å². The number of azo groups is 1. The lowest BCUT2D eigenvalue weighted by atomic mass is 10.2. The van der Waals surface area contributed by atoms with Gasteiger partial charge >= 0.3 is 0 Å². The normalized spacial score (nSPS) is 11.8. The van der Waals surface area contributed by atoms with Gasteiger partial charge < -0.3 is 9.67 Å². The fraction of sp³-hybridized carbons (Fsp3) is 0.0455. The van der Waals surface area contributed by atoms with Crippen molar-refractivity contribution in [2.45, 2.75) is 4.90 Å². The maximum atomic E-state index is 12.7. The topological polar surface area (TPSA) is 113 Å². The number of amides is 1. The molecule has 4 rings (SSSR count). The fourth-order valence-electron chi connectivity index (χ4n) is 3.14. The van der Waals surface area contributed by atoms with Gasteiger partial charge in [-0.15, -0.1) is 10.2 Å². The third-order valence-corrected chi connectivity index (χ3v) is 6.41. The minimum absolute atomic E-state index is 0.0347. The van der Waals surface area contributed by atoms with Gasteiger partial charge in [0.25, 0.3) is 15.9 Å². The molecule has 0 spiro atoms. The van der Waals surface area contributed by atoms with E-state index in [0.29, 0.717) is 16.1 Å². The maximum absolute atomic E-state index is 12.7. The molecule has 0 unspecified atom stereocenters. The van der Waals surface area contributed by atoms with Crippen molar-refractivity contribution in [3.63, 3.8) is 0 Å². The number of nitrogens with one attached hydrogen (secondary N) is 1. The van der Waals surface area contributed by atoms with E-state index in [4.69, 9.17) is 11.6 Å². The van der Waals surface area contributed by atoms with E-state index in [1.54, 1.807) is 37.4 Å². The molecule has 162 valence electrons. The Morgan fingerprint density at radius 2 is 1.75 bits per heavy atom. The fourth-order valence-corrected chi connectivity index (χ4v) is 4.37. The lowest BCUT2D eigenvalue weighted by Crippen LogP contribution is -2.13. The van der Waals surface area contributed by atoms with Crippen LogP contribution in [0.15, 0.2) is 87.9 Å². The molecule has 1 aromatic heterocycles. The minimum atomic E-state index is -3.94. The standard InChI is InChI=1S/C22H17ClN4O4S/c1-27-19-8-3-2-7-18(19)20(22(27)29)24-25-21(28)14-5-4-6-17(13-14)32(30,31)26-16-11-9-15(23)10-12-16/h2-13,26,29H,1H3. The van der Waals surface area contributed by atoms with Gasteiger partial charge in [-0.2, -0.15) is 0 Å². The van der Waals surface area contributed by atoms with Crippen molar-refractivity contribution in [3.05, 3.63) is 83.4 Å². The predicted molar refractivity (Wildman–Crippen MR) is 122 cm³/mol. The van der Waals surface area contributed by atoms with Crippen molar-refractivity contribution in [2.24, 2.45) is 17.3 Å². The van der Waals surface area contributed by atoms with Crippen LogP contribution >= 0.6 is 11.6 Å². The molecule has 0 aliphatic rings. The van der Waals surface area contributed by atoms with Gasteiger partial charge in [0.05, 0.1) is 10.4 Å². The van der Waals surface area contributed by atoms with Crippen molar-refractivity contribution in [1.82, 2.24) is 4.57 Å². The van der Waals surface area contributed by atoms with Gasteiger partial charge in [0, 0.05) is 28.7 Å². The first kappa shape index (κ1) is 21.5. The first-order valence-electron chi connectivity index (χ1n) is 9.37. The van der Waals surface area contributed by atoms with E-state index < -0.39 is 15.9 Å². The molecule has 3 aromatic carbocycles. The molecule has 4 aromatic rings. The average molecular weight is 469 g/mol. The first-order chi connectivity index (χ1) is 15.3. The zero-order valence-electron chi connectivity index (χ0n) is 16.7. The molecule has 1 amide bonds. The van der Waals surface area contributed by atoms with Crippen LogP contribution < -0.4 is 4.72 Å². The number of anilines is 1. The highest BCUT2D eigenvalue weighted by Gasteiger charge is 2.18. The molecule has 32 heavy (non-hydrogen) atoms. The highest BCUT2D eigenvalue weighted by Crippen LogP contribution is 2.37. The Balaban J connectivity index is 1.60. The number of aromatic hydroxyl groups is 1. The summed E-state index contributed by atoms with van der Waals surface area (Å²) in [5.41, 5.74) is 1.25. The van der Waals surface area contributed by atoms with Crippen LogP contribution in [0, 0.1) is 0 Å². The van der Waals surface area contributed by atoms with Crippen molar-refractivity contribution in [3.8, 4) is 5.88 Å². The third kappa shape index (κ3) is 4.20. The van der Waals surface area contributed by atoms with Crippen molar-refractivity contribution < 1.29 is 18.3 Å². The number of aromatic nitrogens is 1. The van der Waals surface area contributed by atoms with E-state index in [-0.39, 0.29) is 22.0 Å². The number of sulfonamides is 1. The van der Waals surface area contributed by atoms with E-state index in [1.807, 2.05) is 6.07 Å². The lowest BCUT2D eigenvalue weighted by molar-refractivity contribution is 0.0995. The van der Waals surface area contributed by atoms with Crippen LogP contribution in [-0.2, 0) is 17.1 Å². The molecule has 0 saturated carbocycles. The minimum Gasteiger partial charge on any atom is -0.493 e. The van der Waals surface area contributed by atoms with E-state index in [1.165, 1.54) is 41.0 Å². The Bertz CT molecular complexity index is 1460. The van der Waals surface area contributed by atoms with Crippen LogP contribution in [0.2, 0.25) is 5.02 Å². The highest BCUT2D eigenvalue weighted by molar-refractivity contribution is 7.92. The smallest absolute Gasteiger partial charge is 0.295 e. The van der Waals surface area contributed by atoms with Gasteiger partial charge in [0.1, 0.15) is 0 Å². The first-order valence-corrected chi connectivity index (χ1v) is 11.2. The van der Waals surface area contributed by atoms with Gasteiger partial charge in [-0.1, -0.05) is 35.9 Å². The van der Waals surface area contributed by atoms with E-state index >= 15 is 0 Å². The SMILES string of the molecule is Cn1c(O)c(N=NC(=O)c2cccc(S(=O)(=O)Nc3ccc(Cl)cc3)c2)c2ccccc21. The van der Waals surface area contributed by atoms with Crippen LogP contribution in [0.4, 0.5) is 11.4 Å². The number of aryl methyl sites for hydroxylation is 1. The zero-order valence-corrected chi connectivity index (χ0v) is 18.3. The number of rotatable bonds is 5. The Kier molecular flexibility index (Phi) is 5.68. The van der Waals surface area contributed by atoms with Gasteiger partial charge in [-0.05, 0) is 48.5 Å². The largest absolute Gasteiger partial charge is 0.493 e. The summed E-state index contributed by atoms with van der Waals surface area (Å²) in [6.45, 7) is 0. The number of hydrogen-bond donors (Lipinski definition) is 2. The molecule has 0 saturated heterocycles. The summed E-state index contributed by atoms with van der Waals surface area (Å²) in [6.07, 6.45) is 0. The number of nitrogens with zero attached hydrogens (tertiary/aromatic N) is 3. The quantitative estimate of drug-likeness (QED) is 0.389. The Hall–Kier alpha value is -3.69. The number of hydrogen-bond acceptors (Lipinski definition) is 5. The number of carbonyl (C=O) groups excluding carboxylic acids is 1. The second-order valence-electron chi connectivity index (χ2n) is 6.89. The molecule has 0 bridgehead atoms. The molecule has 0 aliphatic carbocycles. The van der Waals surface area contributed by atoms with Crippen molar-refractivity contribution >= 4 is 49.8 Å². The summed E-state index contributed by atoms with van der Waals surface area (Å²) < 4.78 is 29.3. The van der Waals surface area contributed by atoms with E-state index in [9.17, 15) is 18.3 Å². The number of para-hydroxylation sites is 1. The Labute approximate surface area is 188 Å². The number of fused-ring (bicyclic) bond motifs is 1. The Morgan fingerprint density at radius 3 is 2.50 bits per heavy atom. The van der Waals surface area contributed by atoms with Crippen molar-refractivity contribution in [2.75, 3.05) is 4.72 Å². The van der Waals surface area contributed by atoms with Crippen molar-refractivity contribution in [1.29, 1.82) is 0 Å². The summed E-state index contributed by atoms with van der Waals surface area (Å²) in [6, 6.07) is 18.8. The average Bonchev–Trinajstić information content (AvgIpc) is 3.03. The lowest BCUT2D eigenvalue weighted by Gasteiger charge is -2.08. The van der Waals surface area contributed by atoms with E-state index in [0.717, 1.165) is 5.52 Å². The molecular weight excluding hydrogens is 452 g/mol. The van der Waals surface area contributed by atoms with Gasteiger partial charge in [0.15, 0.2) is 5.69 Å². The molecular formula is C22H17ClN4O4S. The summed E-state index contributed by atoms with van der Waals surface area (Å²) in [7, 11) is -2.28. The van der Waals surface area contributed by atoms with Crippen LogP contribution in [0.1, 0.15) is 10.4 Å². The number of carbonyl (C=O) groups is 1. The summed E-state index contributed by atoms with van der Waals surface area (Å²) in [4.78, 5) is 12.5. The van der Waals surface area contributed by atoms with Crippen LogP contribution in [0.3, 0.4) is 0 Å². The summed E-state index contributed by atoms with van der Waals surface area (Å²) in [5.74, 6) is -0.882. The molecule has 2 N–H and O–H groups in total. The monoisotopic (exact) mass is 468 g/mol. The van der Waals surface area contributed by atoms with Crippen LogP contribution in [0.5, 0.6) is 5.88 Å². The predicted octanol–water partition coefficient (Wildman–Crippen LogP) is 5.26. The summed E-state index contributed by atoms with van der Waals surface area (Å²) >= 11 is 5.82.